The van der Waals surface area contributed by atoms with E-state index >= 15 is 0 Å². The van der Waals surface area contributed by atoms with Crippen LogP contribution >= 0.6 is 27.5 Å². The first kappa shape index (κ1) is 13.3. The third kappa shape index (κ3) is 3.00. The fourth-order valence-electron chi connectivity index (χ4n) is 1.62. The summed E-state index contributed by atoms with van der Waals surface area (Å²) in [5.41, 5.74) is 0. The molecule has 0 atom stereocenters. The van der Waals surface area contributed by atoms with Gasteiger partial charge in [0.2, 0.25) is 10.0 Å². The van der Waals surface area contributed by atoms with Gasteiger partial charge in [-0.3, -0.25) is 0 Å². The zero-order valence-electron chi connectivity index (χ0n) is 8.73. The summed E-state index contributed by atoms with van der Waals surface area (Å²) in [4.78, 5) is 0.132. The highest BCUT2D eigenvalue weighted by molar-refractivity contribution is 9.10. The lowest BCUT2D eigenvalue weighted by Crippen LogP contribution is -2.46. The Morgan fingerprint density at radius 3 is 2.59 bits per heavy atom. The third-order valence-electron chi connectivity index (χ3n) is 2.64. The zero-order valence-corrected chi connectivity index (χ0v) is 11.9. The van der Waals surface area contributed by atoms with Crippen LogP contribution in [0.25, 0.3) is 0 Å². The lowest BCUT2D eigenvalue weighted by atomic mass is 9.91. The minimum absolute atomic E-state index is 0.132. The molecule has 94 valence electrons. The molecule has 2 rings (SSSR count). The van der Waals surface area contributed by atoms with Crippen molar-refractivity contribution in [3.63, 3.8) is 0 Å². The molecular weight excluding hydrogens is 330 g/mol. The molecule has 1 aromatic carbocycles. The first-order valence-corrected chi connectivity index (χ1v) is 7.69. The Morgan fingerprint density at radius 2 is 2.06 bits per heavy atom. The van der Waals surface area contributed by atoms with Gasteiger partial charge in [0.1, 0.15) is 0 Å². The molecule has 0 aliphatic heterocycles. The number of nitrogens with one attached hydrogen (secondary N) is 1. The van der Waals surface area contributed by atoms with E-state index in [4.69, 9.17) is 16.7 Å². The lowest BCUT2D eigenvalue weighted by molar-refractivity contribution is 0.0712. The van der Waals surface area contributed by atoms with Crippen molar-refractivity contribution in [2.45, 2.75) is 29.9 Å². The van der Waals surface area contributed by atoms with Crippen LogP contribution in [-0.4, -0.2) is 25.7 Å². The summed E-state index contributed by atoms with van der Waals surface area (Å²) in [6, 6.07) is 4.28. The van der Waals surface area contributed by atoms with Crippen LogP contribution in [0, 0.1) is 0 Å². The highest BCUT2D eigenvalue weighted by atomic mass is 79.9. The maximum absolute atomic E-state index is 11.9. The molecule has 1 fully saturated rings. The Morgan fingerprint density at radius 1 is 1.41 bits per heavy atom. The predicted octanol–water partition coefficient (Wildman–Crippen LogP) is 1.90. The van der Waals surface area contributed by atoms with E-state index in [1.807, 2.05) is 0 Å². The number of rotatable bonds is 3. The quantitative estimate of drug-likeness (QED) is 0.883. The molecule has 0 aromatic heterocycles. The first-order chi connectivity index (χ1) is 7.88. The molecule has 17 heavy (non-hydrogen) atoms. The van der Waals surface area contributed by atoms with Gasteiger partial charge in [0.15, 0.2) is 0 Å². The fraction of sp³-hybridized carbons (Fsp3) is 0.400. The van der Waals surface area contributed by atoms with Crippen molar-refractivity contribution in [1.29, 1.82) is 0 Å². The average Bonchev–Trinajstić information content (AvgIpc) is 2.19. The Labute approximate surface area is 113 Å². The lowest BCUT2D eigenvalue weighted by Gasteiger charge is -2.31. The van der Waals surface area contributed by atoms with Crippen LogP contribution in [0.15, 0.2) is 27.6 Å². The van der Waals surface area contributed by atoms with E-state index in [-0.39, 0.29) is 10.9 Å². The molecule has 1 aliphatic carbocycles. The summed E-state index contributed by atoms with van der Waals surface area (Å²) in [6.07, 6.45) is 0.531. The van der Waals surface area contributed by atoms with E-state index in [9.17, 15) is 8.42 Å². The van der Waals surface area contributed by atoms with Gasteiger partial charge in [-0.1, -0.05) is 11.6 Å². The molecule has 0 amide bonds. The molecule has 4 nitrogen and oxygen atoms in total. The summed E-state index contributed by atoms with van der Waals surface area (Å²) < 4.78 is 27.1. The minimum Gasteiger partial charge on any atom is -0.393 e. The third-order valence-corrected chi connectivity index (χ3v) is 5.39. The number of aliphatic hydroxyl groups is 1. The van der Waals surface area contributed by atoms with Crippen molar-refractivity contribution in [1.82, 2.24) is 4.72 Å². The van der Waals surface area contributed by atoms with Crippen LogP contribution < -0.4 is 4.72 Å². The largest absolute Gasteiger partial charge is 0.393 e. The van der Waals surface area contributed by atoms with E-state index in [0.29, 0.717) is 22.3 Å². The van der Waals surface area contributed by atoms with E-state index in [2.05, 4.69) is 20.7 Å². The Balaban J connectivity index is 2.17. The summed E-state index contributed by atoms with van der Waals surface area (Å²) >= 11 is 9.05. The maximum atomic E-state index is 11.9. The summed E-state index contributed by atoms with van der Waals surface area (Å²) in [7, 11) is -3.55. The van der Waals surface area contributed by atoms with E-state index in [1.165, 1.54) is 12.1 Å². The molecule has 7 heteroatoms. The number of halogens is 2. The smallest absolute Gasteiger partial charge is 0.240 e. The van der Waals surface area contributed by atoms with E-state index < -0.39 is 16.1 Å². The highest BCUT2D eigenvalue weighted by Crippen LogP contribution is 2.27. The van der Waals surface area contributed by atoms with Crippen molar-refractivity contribution < 1.29 is 13.5 Å². The van der Waals surface area contributed by atoms with Crippen molar-refractivity contribution in [3.8, 4) is 0 Å². The van der Waals surface area contributed by atoms with Gasteiger partial charge in [0.05, 0.1) is 16.0 Å². The van der Waals surface area contributed by atoms with Crippen molar-refractivity contribution >= 4 is 37.6 Å². The van der Waals surface area contributed by atoms with Crippen LogP contribution in [0.5, 0.6) is 0 Å². The summed E-state index contributed by atoms with van der Waals surface area (Å²) in [6.45, 7) is 0. The van der Waals surface area contributed by atoms with Gasteiger partial charge in [-0.15, -0.1) is 0 Å². The highest BCUT2D eigenvalue weighted by Gasteiger charge is 2.31. The van der Waals surface area contributed by atoms with Crippen molar-refractivity contribution in [2.75, 3.05) is 0 Å². The first-order valence-electron chi connectivity index (χ1n) is 5.04. The molecule has 0 radical (unpaired) electrons. The molecule has 0 bridgehead atoms. The minimum atomic E-state index is -3.55. The SMILES string of the molecule is O=S(=O)(N[C@H]1C[C@@H](O)C1)c1ccc(Br)c(Cl)c1. The van der Waals surface area contributed by atoms with Gasteiger partial charge in [0.25, 0.3) is 0 Å². The van der Waals surface area contributed by atoms with Crippen LogP contribution in [-0.2, 0) is 10.0 Å². The van der Waals surface area contributed by atoms with Crippen LogP contribution in [0.1, 0.15) is 12.8 Å². The normalized spacial score (nSPS) is 24.4. The second-order valence-corrected chi connectivity index (χ2v) is 6.99. The van der Waals surface area contributed by atoms with E-state index in [1.54, 1.807) is 6.07 Å². The molecule has 0 unspecified atom stereocenters. The molecule has 0 heterocycles. The molecule has 1 aromatic rings. The fourth-order valence-corrected chi connectivity index (χ4v) is 3.39. The van der Waals surface area contributed by atoms with Gasteiger partial charge in [0, 0.05) is 10.5 Å². The van der Waals surface area contributed by atoms with Crippen LogP contribution in [0.3, 0.4) is 0 Å². The molecule has 0 saturated heterocycles. The van der Waals surface area contributed by atoms with Gasteiger partial charge < -0.3 is 5.11 Å². The number of sulfonamides is 1. The van der Waals surface area contributed by atoms with Gasteiger partial charge in [-0.05, 0) is 47.0 Å². The van der Waals surface area contributed by atoms with Gasteiger partial charge in [-0.2, -0.15) is 0 Å². The predicted molar refractivity (Wildman–Crippen MR) is 68.5 cm³/mol. The summed E-state index contributed by atoms with van der Waals surface area (Å²) in [5, 5.41) is 9.45. The number of benzene rings is 1. The van der Waals surface area contributed by atoms with Gasteiger partial charge in [-0.25, -0.2) is 13.1 Å². The number of hydrogen-bond donors (Lipinski definition) is 2. The second kappa shape index (κ2) is 4.85. The van der Waals surface area contributed by atoms with Crippen LogP contribution in [0.2, 0.25) is 5.02 Å². The van der Waals surface area contributed by atoms with Crippen LogP contribution in [0.4, 0.5) is 0 Å². The Bertz CT molecular complexity index is 528. The molecular formula is C10H11BrClNO3S. The van der Waals surface area contributed by atoms with Crippen molar-refractivity contribution in [2.24, 2.45) is 0 Å². The zero-order chi connectivity index (χ0) is 12.6. The molecule has 0 spiro atoms. The number of hydrogen-bond acceptors (Lipinski definition) is 3. The molecule has 1 saturated carbocycles. The Hall–Kier alpha value is -0.140. The molecule has 1 aliphatic rings. The Kier molecular flexibility index (Phi) is 3.80. The number of aliphatic hydroxyl groups excluding tert-OH is 1. The van der Waals surface area contributed by atoms with E-state index in [0.717, 1.165) is 0 Å². The van der Waals surface area contributed by atoms with Crippen molar-refractivity contribution in [3.05, 3.63) is 27.7 Å². The monoisotopic (exact) mass is 339 g/mol. The molecule has 2 N–H and O–H groups in total. The second-order valence-electron chi connectivity index (χ2n) is 4.02. The van der Waals surface area contributed by atoms with Gasteiger partial charge >= 0.3 is 0 Å². The average molecular weight is 341 g/mol. The standard InChI is InChI=1S/C10H11BrClNO3S/c11-9-2-1-8(5-10(9)12)17(15,16)13-6-3-7(14)4-6/h1-2,5-7,13-14H,3-4H2/t6-,7+. The maximum Gasteiger partial charge on any atom is 0.240 e. The summed E-state index contributed by atoms with van der Waals surface area (Å²) in [5.74, 6) is 0. The topological polar surface area (TPSA) is 66.4 Å².